The summed E-state index contributed by atoms with van der Waals surface area (Å²) in [5.41, 5.74) is -0.827. The normalized spacial score (nSPS) is 11.3. The number of alkyl halides is 3. The molecule has 2 amide bonds. The van der Waals surface area contributed by atoms with Crippen molar-refractivity contribution in [1.82, 2.24) is 4.90 Å². The Morgan fingerprint density at radius 2 is 1.36 bits per heavy atom. The molecule has 0 bridgehead atoms. The lowest BCUT2D eigenvalue weighted by molar-refractivity contribution is -0.165. The van der Waals surface area contributed by atoms with Crippen molar-refractivity contribution < 1.29 is 51.4 Å². The van der Waals surface area contributed by atoms with Crippen molar-refractivity contribution in [3.8, 4) is 16.9 Å². The molecule has 278 valence electrons. The van der Waals surface area contributed by atoms with E-state index in [0.717, 1.165) is 17.7 Å². The number of ether oxygens (including phenoxy) is 3. The standard InChI is InChI=1S/C40H39F3N2O8/c1-6-51-37(49)39(38(50)52-7-2,27-11-9-8-10-12-27)22-21-34(46)53-29-18-20-33(32(24-29)36(48)45(4)5)44-35(47)30-19-13-25(3)23-31(30)26-14-16-28(17-15-26)40(41,42)43/h8-20,23-24H,6-7,21-22H2,1-5H3,(H,44,47). The summed E-state index contributed by atoms with van der Waals surface area (Å²) in [6.45, 7) is 4.90. The van der Waals surface area contributed by atoms with Gasteiger partial charge < -0.3 is 24.4 Å². The highest BCUT2D eigenvalue weighted by molar-refractivity contribution is 6.12. The Kier molecular flexibility index (Phi) is 12.8. The molecule has 0 saturated carbocycles. The molecule has 0 aliphatic heterocycles. The maximum atomic E-state index is 13.7. The highest BCUT2D eigenvalue weighted by atomic mass is 19.4. The predicted octanol–water partition coefficient (Wildman–Crippen LogP) is 7.38. The molecule has 1 N–H and O–H groups in total. The first-order chi connectivity index (χ1) is 25.1. The van der Waals surface area contributed by atoms with Crippen LogP contribution in [-0.4, -0.2) is 61.9 Å². The minimum Gasteiger partial charge on any atom is -0.465 e. The first-order valence-corrected chi connectivity index (χ1v) is 16.7. The van der Waals surface area contributed by atoms with Gasteiger partial charge in [-0.2, -0.15) is 13.2 Å². The van der Waals surface area contributed by atoms with Crippen molar-refractivity contribution in [2.75, 3.05) is 32.6 Å². The molecular weight excluding hydrogens is 693 g/mol. The van der Waals surface area contributed by atoms with Gasteiger partial charge in [-0.05, 0) is 80.3 Å². The first-order valence-electron chi connectivity index (χ1n) is 16.7. The molecule has 53 heavy (non-hydrogen) atoms. The summed E-state index contributed by atoms with van der Waals surface area (Å²) >= 11 is 0. The average Bonchev–Trinajstić information content (AvgIpc) is 3.12. The molecule has 0 spiro atoms. The Morgan fingerprint density at radius 3 is 1.92 bits per heavy atom. The van der Waals surface area contributed by atoms with Crippen LogP contribution in [0.25, 0.3) is 11.1 Å². The summed E-state index contributed by atoms with van der Waals surface area (Å²) in [4.78, 5) is 68.1. The number of aryl methyl sites for hydroxylation is 1. The van der Waals surface area contributed by atoms with E-state index in [9.17, 15) is 37.1 Å². The second-order valence-electron chi connectivity index (χ2n) is 12.2. The van der Waals surface area contributed by atoms with Gasteiger partial charge in [-0.1, -0.05) is 60.2 Å². The molecule has 0 fully saturated rings. The van der Waals surface area contributed by atoms with E-state index < -0.39 is 53.3 Å². The van der Waals surface area contributed by atoms with E-state index in [0.29, 0.717) is 11.1 Å². The van der Waals surface area contributed by atoms with Gasteiger partial charge in [-0.3, -0.25) is 24.0 Å². The molecule has 0 radical (unpaired) electrons. The van der Waals surface area contributed by atoms with Gasteiger partial charge in [0.1, 0.15) is 5.75 Å². The lowest BCUT2D eigenvalue weighted by Crippen LogP contribution is -2.46. The van der Waals surface area contributed by atoms with Crippen molar-refractivity contribution in [1.29, 1.82) is 0 Å². The number of benzene rings is 4. The van der Waals surface area contributed by atoms with E-state index in [1.165, 1.54) is 55.4 Å². The molecule has 0 heterocycles. The Balaban J connectivity index is 1.62. The zero-order valence-electron chi connectivity index (χ0n) is 29.8. The maximum absolute atomic E-state index is 13.7. The summed E-state index contributed by atoms with van der Waals surface area (Å²) in [6.07, 6.45) is -5.30. The molecule has 13 heteroatoms. The number of anilines is 1. The third kappa shape index (κ3) is 9.28. The van der Waals surface area contributed by atoms with E-state index in [-0.39, 0.29) is 47.8 Å². The lowest BCUT2D eigenvalue weighted by atomic mass is 9.76. The van der Waals surface area contributed by atoms with Crippen LogP contribution in [-0.2, 0) is 35.4 Å². The minimum absolute atomic E-state index is 0.0247. The third-order valence-electron chi connectivity index (χ3n) is 8.27. The molecule has 0 unspecified atom stereocenters. The molecule has 4 rings (SSSR count). The quantitative estimate of drug-likeness (QED) is 0.0857. The number of halogens is 3. The van der Waals surface area contributed by atoms with Gasteiger partial charge >= 0.3 is 24.1 Å². The largest absolute Gasteiger partial charge is 0.465 e. The highest BCUT2D eigenvalue weighted by Gasteiger charge is 2.50. The summed E-state index contributed by atoms with van der Waals surface area (Å²) in [5, 5.41) is 2.71. The van der Waals surface area contributed by atoms with Crippen LogP contribution < -0.4 is 10.1 Å². The van der Waals surface area contributed by atoms with Crippen molar-refractivity contribution in [2.45, 2.75) is 45.2 Å². The van der Waals surface area contributed by atoms with Gasteiger partial charge in [-0.25, -0.2) is 0 Å². The second-order valence-corrected chi connectivity index (χ2v) is 12.2. The maximum Gasteiger partial charge on any atom is 0.416 e. The summed E-state index contributed by atoms with van der Waals surface area (Å²) in [5.74, 6) is -3.85. The molecule has 4 aromatic carbocycles. The SMILES string of the molecule is CCOC(=O)C(CCC(=O)Oc1ccc(NC(=O)c2ccc(C)cc2-c2ccc(C(F)(F)F)cc2)c(C(=O)N(C)C)c1)(C(=O)OCC)c1ccccc1. The third-order valence-corrected chi connectivity index (χ3v) is 8.27. The number of carbonyl (C=O) groups is 5. The number of nitrogens with one attached hydrogen (secondary N) is 1. The van der Waals surface area contributed by atoms with E-state index >= 15 is 0 Å². The highest BCUT2D eigenvalue weighted by Crippen LogP contribution is 2.35. The van der Waals surface area contributed by atoms with Crippen LogP contribution in [0.4, 0.5) is 18.9 Å². The molecule has 4 aromatic rings. The van der Waals surface area contributed by atoms with Gasteiger partial charge in [0.25, 0.3) is 11.8 Å². The fraction of sp³-hybridized carbons (Fsp3) is 0.275. The number of esters is 3. The van der Waals surface area contributed by atoms with Crippen LogP contribution in [0, 0.1) is 6.92 Å². The first kappa shape index (κ1) is 39.8. The van der Waals surface area contributed by atoms with E-state index in [2.05, 4.69) is 5.32 Å². The van der Waals surface area contributed by atoms with Crippen LogP contribution >= 0.6 is 0 Å². The Morgan fingerprint density at radius 1 is 0.736 bits per heavy atom. The molecular formula is C40H39F3N2O8. The Bertz CT molecular complexity index is 1960. The Hall–Kier alpha value is -5.98. The topological polar surface area (TPSA) is 128 Å². The monoisotopic (exact) mass is 732 g/mol. The van der Waals surface area contributed by atoms with Crippen LogP contribution in [0.1, 0.15) is 64.1 Å². The van der Waals surface area contributed by atoms with E-state index in [1.54, 1.807) is 63.2 Å². The average molecular weight is 733 g/mol. The van der Waals surface area contributed by atoms with E-state index in [4.69, 9.17) is 14.2 Å². The van der Waals surface area contributed by atoms with Gasteiger partial charge in [0, 0.05) is 26.1 Å². The van der Waals surface area contributed by atoms with Gasteiger partial charge in [-0.15, -0.1) is 0 Å². The van der Waals surface area contributed by atoms with Crippen molar-refractivity contribution >= 4 is 35.4 Å². The Labute approximate surface area is 304 Å². The number of rotatable bonds is 13. The summed E-state index contributed by atoms with van der Waals surface area (Å²) < 4.78 is 55.7. The van der Waals surface area contributed by atoms with Crippen LogP contribution in [0.3, 0.4) is 0 Å². The van der Waals surface area contributed by atoms with Gasteiger partial charge in [0.15, 0.2) is 5.41 Å². The predicted molar refractivity (Wildman–Crippen MR) is 190 cm³/mol. The molecule has 0 aliphatic rings. The summed E-state index contributed by atoms with van der Waals surface area (Å²) in [7, 11) is 2.98. The lowest BCUT2D eigenvalue weighted by Gasteiger charge is -2.29. The number of hydrogen-bond acceptors (Lipinski definition) is 8. The van der Waals surface area contributed by atoms with Crippen molar-refractivity contribution in [3.63, 3.8) is 0 Å². The van der Waals surface area contributed by atoms with Crippen LogP contribution in [0.15, 0.2) is 91.0 Å². The molecule has 0 atom stereocenters. The smallest absolute Gasteiger partial charge is 0.416 e. The second kappa shape index (κ2) is 17.0. The van der Waals surface area contributed by atoms with E-state index in [1.807, 2.05) is 0 Å². The van der Waals surface area contributed by atoms with Crippen molar-refractivity contribution in [3.05, 3.63) is 119 Å². The fourth-order valence-corrected chi connectivity index (χ4v) is 5.61. The molecule has 0 aromatic heterocycles. The number of carbonyl (C=O) groups excluding carboxylic acids is 5. The van der Waals surface area contributed by atoms with Crippen LogP contribution in [0.5, 0.6) is 5.75 Å². The number of amides is 2. The zero-order valence-corrected chi connectivity index (χ0v) is 29.8. The van der Waals surface area contributed by atoms with Crippen molar-refractivity contribution in [2.24, 2.45) is 0 Å². The van der Waals surface area contributed by atoms with Gasteiger partial charge in [0.2, 0.25) is 0 Å². The minimum atomic E-state index is -4.53. The molecule has 10 nitrogen and oxygen atoms in total. The van der Waals surface area contributed by atoms with Gasteiger partial charge in [0.05, 0.1) is 30.0 Å². The fourth-order valence-electron chi connectivity index (χ4n) is 5.61. The zero-order chi connectivity index (χ0) is 38.9. The number of hydrogen-bond donors (Lipinski definition) is 1. The molecule has 0 saturated heterocycles. The summed E-state index contributed by atoms with van der Waals surface area (Å²) in [6, 6.07) is 21.4. The number of nitrogens with zero attached hydrogens (tertiary/aromatic N) is 1. The molecule has 0 aliphatic carbocycles. The van der Waals surface area contributed by atoms with Crippen LogP contribution in [0.2, 0.25) is 0 Å².